The summed E-state index contributed by atoms with van der Waals surface area (Å²) in [6.45, 7) is 3.91. The molecule has 1 aliphatic heterocycles. The van der Waals surface area contributed by atoms with Crippen molar-refractivity contribution in [2.75, 3.05) is 24.2 Å². The van der Waals surface area contributed by atoms with E-state index in [1.165, 1.54) is 18.2 Å². The number of hydrogen-bond donors (Lipinski definition) is 1. The Bertz CT molecular complexity index is 1090. The molecule has 0 spiro atoms. The lowest BCUT2D eigenvalue weighted by atomic mass is 9.89. The van der Waals surface area contributed by atoms with E-state index in [1.54, 1.807) is 13.2 Å². The summed E-state index contributed by atoms with van der Waals surface area (Å²) in [6.07, 6.45) is 1.93. The van der Waals surface area contributed by atoms with Crippen molar-refractivity contribution in [3.8, 4) is 11.5 Å². The maximum absolute atomic E-state index is 14.1. The molecular weight excluding hydrogens is 435 g/mol. The van der Waals surface area contributed by atoms with Gasteiger partial charge in [0, 0.05) is 24.9 Å². The van der Waals surface area contributed by atoms with Crippen molar-refractivity contribution in [2.24, 2.45) is 0 Å². The Morgan fingerprint density at radius 2 is 2.00 bits per heavy atom. The number of para-hydroxylation sites is 1. The summed E-state index contributed by atoms with van der Waals surface area (Å²) in [5.74, 6) is 0.510. The van der Waals surface area contributed by atoms with E-state index in [0.29, 0.717) is 17.9 Å². The number of hydrogen-bond acceptors (Lipinski definition) is 5. The highest BCUT2D eigenvalue weighted by Crippen LogP contribution is 2.41. The van der Waals surface area contributed by atoms with Crippen LogP contribution in [0.2, 0.25) is 0 Å². The maximum Gasteiger partial charge on any atom is 0.232 e. The number of carbonyl (C=O) groups is 1. The molecule has 0 fully saturated rings. The Labute approximate surface area is 188 Å². The number of fused-ring (bicyclic) bond motifs is 1. The van der Waals surface area contributed by atoms with E-state index in [0.717, 1.165) is 16.1 Å². The van der Waals surface area contributed by atoms with E-state index >= 15 is 0 Å². The molecule has 0 saturated carbocycles. The van der Waals surface area contributed by atoms with Gasteiger partial charge in [-0.05, 0) is 50.6 Å². The SMILES string of the molecule is COc1ccc2c(c1)[C@H](NC(=O)CCCN(c1ccccc1F)S(C)(=O)=O)CC(C)(C)O2. The Morgan fingerprint density at radius 3 is 2.66 bits per heavy atom. The largest absolute Gasteiger partial charge is 0.497 e. The molecule has 174 valence electrons. The van der Waals surface area contributed by atoms with Crippen LogP contribution < -0.4 is 19.1 Å². The normalized spacial score (nSPS) is 17.1. The lowest BCUT2D eigenvalue weighted by molar-refractivity contribution is -0.122. The second-order valence-electron chi connectivity index (χ2n) is 8.48. The number of rotatable bonds is 8. The monoisotopic (exact) mass is 464 g/mol. The van der Waals surface area contributed by atoms with E-state index in [4.69, 9.17) is 9.47 Å². The van der Waals surface area contributed by atoms with E-state index in [9.17, 15) is 17.6 Å². The van der Waals surface area contributed by atoms with Gasteiger partial charge in [-0.25, -0.2) is 12.8 Å². The van der Waals surface area contributed by atoms with Crippen molar-refractivity contribution in [3.63, 3.8) is 0 Å². The number of ether oxygens (including phenoxy) is 2. The quantitative estimate of drug-likeness (QED) is 0.642. The predicted molar refractivity (Wildman–Crippen MR) is 121 cm³/mol. The molecule has 7 nitrogen and oxygen atoms in total. The lowest BCUT2D eigenvalue weighted by Crippen LogP contribution is -2.41. The number of carbonyl (C=O) groups excluding carboxylic acids is 1. The Morgan fingerprint density at radius 1 is 1.28 bits per heavy atom. The molecule has 0 unspecified atom stereocenters. The second-order valence-corrected chi connectivity index (χ2v) is 10.4. The van der Waals surface area contributed by atoms with Gasteiger partial charge in [-0.1, -0.05) is 12.1 Å². The molecule has 32 heavy (non-hydrogen) atoms. The van der Waals surface area contributed by atoms with Crippen LogP contribution in [0.4, 0.5) is 10.1 Å². The van der Waals surface area contributed by atoms with Crippen LogP contribution >= 0.6 is 0 Å². The number of benzene rings is 2. The number of nitrogens with zero attached hydrogens (tertiary/aromatic N) is 1. The smallest absolute Gasteiger partial charge is 0.232 e. The fourth-order valence-corrected chi connectivity index (χ4v) is 4.82. The molecular formula is C23H29FN2O5S. The summed E-state index contributed by atoms with van der Waals surface area (Å²) in [6, 6.07) is 10.9. The minimum Gasteiger partial charge on any atom is -0.497 e. The molecule has 1 N–H and O–H groups in total. The maximum atomic E-state index is 14.1. The van der Waals surface area contributed by atoms with Crippen molar-refractivity contribution in [1.29, 1.82) is 0 Å². The number of nitrogens with one attached hydrogen (secondary N) is 1. The van der Waals surface area contributed by atoms with Crippen molar-refractivity contribution in [3.05, 3.63) is 53.8 Å². The van der Waals surface area contributed by atoms with E-state index in [2.05, 4.69) is 5.32 Å². The Balaban J connectivity index is 1.67. The molecule has 0 radical (unpaired) electrons. The average molecular weight is 465 g/mol. The van der Waals surface area contributed by atoms with Crippen LogP contribution in [0.15, 0.2) is 42.5 Å². The number of amides is 1. The zero-order chi connectivity index (χ0) is 23.5. The number of sulfonamides is 1. The highest BCUT2D eigenvalue weighted by Gasteiger charge is 2.34. The fourth-order valence-electron chi connectivity index (χ4n) is 3.86. The van der Waals surface area contributed by atoms with Crippen molar-refractivity contribution in [1.82, 2.24) is 5.32 Å². The van der Waals surface area contributed by atoms with Crippen LogP contribution in [0.1, 0.15) is 44.7 Å². The molecule has 9 heteroatoms. The van der Waals surface area contributed by atoms with Gasteiger partial charge in [0.25, 0.3) is 0 Å². The summed E-state index contributed by atoms with van der Waals surface area (Å²) in [5.41, 5.74) is 0.348. The van der Waals surface area contributed by atoms with Crippen molar-refractivity contribution >= 4 is 21.6 Å². The second kappa shape index (κ2) is 9.36. The Hall–Kier alpha value is -2.81. The van der Waals surface area contributed by atoms with Crippen LogP contribution in [-0.2, 0) is 14.8 Å². The summed E-state index contributed by atoms with van der Waals surface area (Å²) >= 11 is 0. The predicted octanol–water partition coefficient (Wildman–Crippen LogP) is 3.80. The van der Waals surface area contributed by atoms with Gasteiger partial charge in [0.2, 0.25) is 15.9 Å². The van der Waals surface area contributed by atoms with Gasteiger partial charge < -0.3 is 14.8 Å². The standard InChI is InChI=1S/C23H29FN2O5S/c1-23(2)15-19(17-14-16(30-3)11-12-21(17)31-23)25-22(27)10-7-13-26(32(4,28)29)20-9-6-5-8-18(20)24/h5-6,8-9,11-12,14,19H,7,10,13,15H2,1-4H3,(H,25,27)/t19-/m1/s1. The molecule has 2 aromatic carbocycles. The third kappa shape index (κ3) is 5.70. The van der Waals surface area contributed by atoms with Gasteiger partial charge in [-0.3, -0.25) is 9.10 Å². The highest BCUT2D eigenvalue weighted by atomic mass is 32.2. The summed E-state index contributed by atoms with van der Waals surface area (Å²) in [4.78, 5) is 12.7. The van der Waals surface area contributed by atoms with Crippen LogP contribution in [0.25, 0.3) is 0 Å². The highest BCUT2D eigenvalue weighted by molar-refractivity contribution is 7.92. The molecule has 0 bridgehead atoms. The number of anilines is 1. The van der Waals surface area contributed by atoms with Crippen LogP contribution in [-0.4, -0.2) is 39.8 Å². The lowest BCUT2D eigenvalue weighted by Gasteiger charge is -2.38. The van der Waals surface area contributed by atoms with Gasteiger partial charge in [-0.2, -0.15) is 0 Å². The summed E-state index contributed by atoms with van der Waals surface area (Å²) in [7, 11) is -2.12. The minimum atomic E-state index is -3.70. The minimum absolute atomic E-state index is 0.00311. The first kappa shape index (κ1) is 23.8. The van der Waals surface area contributed by atoms with Gasteiger partial charge in [0.1, 0.15) is 22.9 Å². The number of methoxy groups -OCH3 is 1. The first-order valence-corrected chi connectivity index (χ1v) is 12.2. The molecule has 3 rings (SSSR count). The molecule has 0 aromatic heterocycles. The van der Waals surface area contributed by atoms with Gasteiger partial charge in [0.05, 0.1) is 25.1 Å². The third-order valence-corrected chi connectivity index (χ3v) is 6.48. The zero-order valence-electron chi connectivity index (χ0n) is 18.7. The first-order chi connectivity index (χ1) is 15.0. The van der Waals surface area contributed by atoms with Gasteiger partial charge in [0.15, 0.2) is 0 Å². The van der Waals surface area contributed by atoms with Gasteiger partial charge in [-0.15, -0.1) is 0 Å². The van der Waals surface area contributed by atoms with E-state index < -0.39 is 21.4 Å². The topological polar surface area (TPSA) is 84.9 Å². The summed E-state index contributed by atoms with van der Waals surface area (Å²) < 4.78 is 50.8. The Kier molecular flexibility index (Phi) is 6.97. The first-order valence-electron chi connectivity index (χ1n) is 10.4. The van der Waals surface area contributed by atoms with E-state index in [-0.39, 0.29) is 37.0 Å². The van der Waals surface area contributed by atoms with Gasteiger partial charge >= 0.3 is 0 Å². The van der Waals surface area contributed by atoms with Crippen LogP contribution in [0, 0.1) is 5.82 Å². The van der Waals surface area contributed by atoms with Crippen LogP contribution in [0.5, 0.6) is 11.5 Å². The summed E-state index contributed by atoms with van der Waals surface area (Å²) in [5, 5.41) is 3.03. The molecule has 0 saturated heterocycles. The van der Waals surface area contributed by atoms with E-state index in [1.807, 2.05) is 32.0 Å². The molecule has 1 heterocycles. The average Bonchev–Trinajstić information content (AvgIpc) is 2.70. The molecule has 1 atom stereocenters. The number of halogens is 1. The van der Waals surface area contributed by atoms with Crippen molar-refractivity contribution in [2.45, 2.75) is 44.8 Å². The molecule has 1 amide bonds. The zero-order valence-corrected chi connectivity index (χ0v) is 19.5. The molecule has 0 aliphatic carbocycles. The fraction of sp³-hybridized carbons (Fsp3) is 0.435. The molecule has 1 aliphatic rings. The third-order valence-electron chi connectivity index (χ3n) is 5.30. The van der Waals surface area contributed by atoms with Crippen LogP contribution in [0.3, 0.4) is 0 Å². The molecule has 2 aromatic rings. The van der Waals surface area contributed by atoms with Crippen molar-refractivity contribution < 1.29 is 27.1 Å².